The summed E-state index contributed by atoms with van der Waals surface area (Å²) in [7, 11) is 0. The zero-order chi connectivity index (χ0) is 12.1. The molecule has 90 valence electrons. The lowest BCUT2D eigenvalue weighted by Gasteiger charge is -2.16. The molecule has 1 nitrogen and oxygen atoms in total. The summed E-state index contributed by atoms with van der Waals surface area (Å²) in [5.41, 5.74) is 2.62. The fourth-order valence-electron chi connectivity index (χ4n) is 1.86. The molecule has 0 amide bonds. The fraction of sp³-hybridized carbons (Fsp3) is 0.571. The Balaban J connectivity index is 2.71. The lowest BCUT2D eigenvalue weighted by Crippen LogP contribution is -2.21. The maximum Gasteiger partial charge on any atom is 0.0337 e. The monoisotopic (exact) mass is 239 g/mol. The van der Waals surface area contributed by atoms with Gasteiger partial charge < -0.3 is 5.32 Å². The normalized spacial score (nSPS) is 18.1. The van der Waals surface area contributed by atoms with Crippen molar-refractivity contribution in [3.05, 3.63) is 34.9 Å². The molecule has 0 aromatic carbocycles. The van der Waals surface area contributed by atoms with Gasteiger partial charge in [-0.1, -0.05) is 38.1 Å². The Labute approximate surface area is 104 Å². The van der Waals surface area contributed by atoms with Gasteiger partial charge in [-0.05, 0) is 42.9 Å². The summed E-state index contributed by atoms with van der Waals surface area (Å²) in [5, 5.41) is 4.13. The lowest BCUT2D eigenvalue weighted by molar-refractivity contribution is 0.704. The Morgan fingerprint density at radius 2 is 2.12 bits per heavy atom. The number of hydrogen-bond acceptors (Lipinski definition) is 1. The van der Waals surface area contributed by atoms with Gasteiger partial charge in [0.1, 0.15) is 0 Å². The van der Waals surface area contributed by atoms with Crippen molar-refractivity contribution in [1.29, 1.82) is 0 Å². The van der Waals surface area contributed by atoms with Crippen LogP contribution in [0.4, 0.5) is 0 Å². The third kappa shape index (κ3) is 4.54. The molecule has 0 spiro atoms. The minimum absolute atomic E-state index is 0.522. The van der Waals surface area contributed by atoms with E-state index in [0.717, 1.165) is 12.6 Å². The van der Waals surface area contributed by atoms with Gasteiger partial charge in [-0.2, -0.15) is 0 Å². The van der Waals surface area contributed by atoms with Crippen LogP contribution in [0.15, 0.2) is 34.9 Å². The van der Waals surface area contributed by atoms with E-state index in [-0.39, 0.29) is 0 Å². The van der Waals surface area contributed by atoms with Crippen molar-refractivity contribution < 1.29 is 0 Å². The predicted octanol–water partition coefficient (Wildman–Crippen LogP) is 4.02. The smallest absolute Gasteiger partial charge is 0.0337 e. The summed E-state index contributed by atoms with van der Waals surface area (Å²) in [6.45, 7) is 11.1. The molecule has 0 unspecified atom stereocenters. The minimum Gasteiger partial charge on any atom is -0.310 e. The standard InChI is InChI=1S/C14H22ClN/c1-5-14(10(2)3)12(8-11(4)15)9-16-13-6-7-13/h5,8,10,13,16H,4,6-7,9H2,1-3H3/b12-8-,14-5-. The molecule has 1 aliphatic carbocycles. The minimum atomic E-state index is 0.522. The number of nitrogens with one attached hydrogen (secondary N) is 1. The molecule has 2 heteroatoms. The van der Waals surface area contributed by atoms with Gasteiger partial charge in [-0.15, -0.1) is 0 Å². The Bertz CT molecular complexity index is 309. The van der Waals surface area contributed by atoms with Crippen LogP contribution >= 0.6 is 11.6 Å². The molecule has 0 aromatic rings. The Kier molecular flexibility index (Phi) is 5.30. The highest BCUT2D eigenvalue weighted by Gasteiger charge is 2.21. The van der Waals surface area contributed by atoms with Crippen LogP contribution in [0.25, 0.3) is 0 Å². The van der Waals surface area contributed by atoms with Crippen LogP contribution in [0.5, 0.6) is 0 Å². The second kappa shape index (κ2) is 6.27. The summed E-state index contributed by atoms with van der Waals surface area (Å²) >= 11 is 5.88. The maximum absolute atomic E-state index is 5.88. The van der Waals surface area contributed by atoms with Gasteiger partial charge in [-0.25, -0.2) is 0 Å². The van der Waals surface area contributed by atoms with Crippen LogP contribution in [0.1, 0.15) is 33.6 Å². The summed E-state index contributed by atoms with van der Waals surface area (Å²) in [4.78, 5) is 0. The molecule has 0 radical (unpaired) electrons. The van der Waals surface area contributed by atoms with E-state index in [1.807, 2.05) is 6.08 Å². The topological polar surface area (TPSA) is 12.0 Å². The van der Waals surface area contributed by atoms with Crippen LogP contribution in [0.2, 0.25) is 0 Å². The van der Waals surface area contributed by atoms with E-state index in [0.29, 0.717) is 11.0 Å². The third-order valence-electron chi connectivity index (χ3n) is 2.79. The van der Waals surface area contributed by atoms with E-state index in [9.17, 15) is 0 Å². The van der Waals surface area contributed by atoms with Gasteiger partial charge >= 0.3 is 0 Å². The Morgan fingerprint density at radius 3 is 2.50 bits per heavy atom. The van der Waals surface area contributed by atoms with Crippen molar-refractivity contribution in [2.24, 2.45) is 5.92 Å². The molecule has 0 aliphatic heterocycles. The van der Waals surface area contributed by atoms with Gasteiger partial charge in [0.25, 0.3) is 0 Å². The molecule has 16 heavy (non-hydrogen) atoms. The first-order valence-electron chi connectivity index (χ1n) is 5.99. The largest absolute Gasteiger partial charge is 0.310 e. The van der Waals surface area contributed by atoms with Gasteiger partial charge in [0.05, 0.1) is 0 Å². The third-order valence-corrected chi connectivity index (χ3v) is 2.90. The molecule has 0 saturated heterocycles. The second-order valence-electron chi connectivity index (χ2n) is 4.67. The molecule has 1 rings (SSSR count). The molecule has 0 atom stereocenters. The summed E-state index contributed by atoms with van der Waals surface area (Å²) in [5.74, 6) is 0.522. The van der Waals surface area contributed by atoms with Crippen molar-refractivity contribution in [3.8, 4) is 0 Å². The molecular weight excluding hydrogens is 218 g/mol. The molecule has 0 heterocycles. The molecular formula is C14H22ClN. The summed E-state index contributed by atoms with van der Waals surface area (Å²) < 4.78 is 0. The van der Waals surface area contributed by atoms with E-state index in [1.54, 1.807) is 0 Å². The van der Waals surface area contributed by atoms with Crippen molar-refractivity contribution in [3.63, 3.8) is 0 Å². The van der Waals surface area contributed by atoms with Crippen molar-refractivity contribution in [2.45, 2.75) is 39.7 Å². The van der Waals surface area contributed by atoms with Crippen LogP contribution in [-0.2, 0) is 0 Å². The number of rotatable bonds is 6. The summed E-state index contributed by atoms with van der Waals surface area (Å²) in [6.07, 6.45) is 6.76. The average molecular weight is 240 g/mol. The van der Waals surface area contributed by atoms with Crippen molar-refractivity contribution in [1.82, 2.24) is 5.32 Å². The highest BCUT2D eigenvalue weighted by molar-refractivity contribution is 6.30. The zero-order valence-corrected chi connectivity index (χ0v) is 11.3. The highest BCUT2D eigenvalue weighted by Crippen LogP contribution is 2.24. The molecule has 0 aromatic heterocycles. The Hall–Kier alpha value is -0.530. The quantitative estimate of drug-likeness (QED) is 0.691. The Morgan fingerprint density at radius 1 is 1.50 bits per heavy atom. The van der Waals surface area contributed by atoms with Gasteiger partial charge in [-0.3, -0.25) is 0 Å². The van der Waals surface area contributed by atoms with Crippen molar-refractivity contribution in [2.75, 3.05) is 6.54 Å². The van der Waals surface area contributed by atoms with E-state index in [2.05, 4.69) is 38.7 Å². The first kappa shape index (κ1) is 13.5. The maximum atomic E-state index is 5.88. The first-order valence-corrected chi connectivity index (χ1v) is 6.37. The molecule has 1 aliphatic rings. The number of halogens is 1. The number of hydrogen-bond donors (Lipinski definition) is 1. The van der Waals surface area contributed by atoms with Crippen LogP contribution in [0, 0.1) is 5.92 Å². The number of allylic oxidation sites excluding steroid dienone is 3. The highest BCUT2D eigenvalue weighted by atomic mass is 35.5. The van der Waals surface area contributed by atoms with E-state index >= 15 is 0 Å². The first-order chi connectivity index (χ1) is 7.54. The predicted molar refractivity (Wildman–Crippen MR) is 72.7 cm³/mol. The van der Waals surface area contributed by atoms with Gasteiger partial charge in [0.15, 0.2) is 0 Å². The molecule has 1 fully saturated rings. The van der Waals surface area contributed by atoms with Crippen LogP contribution in [0.3, 0.4) is 0 Å². The lowest BCUT2D eigenvalue weighted by atomic mass is 9.94. The second-order valence-corrected chi connectivity index (χ2v) is 5.16. The molecule has 0 bridgehead atoms. The summed E-state index contributed by atoms with van der Waals surface area (Å²) in [6, 6.07) is 0.720. The van der Waals surface area contributed by atoms with Crippen LogP contribution in [-0.4, -0.2) is 12.6 Å². The van der Waals surface area contributed by atoms with Gasteiger partial charge in [0.2, 0.25) is 0 Å². The molecule has 1 saturated carbocycles. The van der Waals surface area contributed by atoms with E-state index in [1.165, 1.54) is 24.0 Å². The van der Waals surface area contributed by atoms with Crippen molar-refractivity contribution >= 4 is 11.6 Å². The molecule has 1 N–H and O–H groups in total. The van der Waals surface area contributed by atoms with Crippen LogP contribution < -0.4 is 5.32 Å². The average Bonchev–Trinajstić information content (AvgIpc) is 2.96. The van der Waals surface area contributed by atoms with E-state index < -0.39 is 0 Å². The zero-order valence-electron chi connectivity index (χ0n) is 10.5. The van der Waals surface area contributed by atoms with Gasteiger partial charge in [0, 0.05) is 17.6 Å². The van der Waals surface area contributed by atoms with E-state index in [4.69, 9.17) is 11.6 Å². The SMILES string of the molecule is C=C(Cl)/C=C(CNC1CC1)\C(=C/C)C(C)C. The fourth-order valence-corrected chi connectivity index (χ4v) is 1.99.